The Bertz CT molecular complexity index is 1510. The maximum absolute atomic E-state index is 11.5. The second kappa shape index (κ2) is 19.6. The van der Waals surface area contributed by atoms with Gasteiger partial charge in [-0.25, -0.2) is 0 Å². The molecule has 0 saturated carbocycles. The largest absolute Gasteiger partial charge is 0.507 e. The van der Waals surface area contributed by atoms with Crippen LogP contribution < -0.4 is 15.1 Å². The minimum atomic E-state index is -0.264. The summed E-state index contributed by atoms with van der Waals surface area (Å²) in [6, 6.07) is 25.1. The minimum Gasteiger partial charge on any atom is -0.507 e. The summed E-state index contributed by atoms with van der Waals surface area (Å²) < 4.78 is 0. The quantitative estimate of drug-likeness (QED) is 0.0699. The molecule has 52 heavy (non-hydrogen) atoms. The number of benzene rings is 3. The van der Waals surface area contributed by atoms with Gasteiger partial charge >= 0.3 is 0 Å². The molecule has 3 aromatic carbocycles. The molecule has 0 saturated heterocycles. The van der Waals surface area contributed by atoms with Crippen molar-refractivity contribution in [2.24, 2.45) is 0 Å². The Hall–Kier alpha value is -4.13. The molecule has 0 spiro atoms. The van der Waals surface area contributed by atoms with Crippen LogP contribution >= 0.6 is 0 Å². The number of aromatic nitrogens is 3. The molecule has 1 aromatic heterocycles. The Morgan fingerprint density at radius 1 is 0.538 bits per heavy atom. The van der Waals surface area contributed by atoms with Crippen LogP contribution in [0.25, 0.3) is 0 Å². The first kappa shape index (κ1) is 40.6. The Morgan fingerprint density at radius 2 is 0.923 bits per heavy atom. The lowest BCUT2D eigenvalue weighted by atomic mass is 9.79. The topological polar surface area (TPSA) is 77.4 Å². The molecule has 2 N–H and O–H groups in total. The molecule has 0 bridgehead atoms. The summed E-state index contributed by atoms with van der Waals surface area (Å²) in [7, 11) is 0. The van der Waals surface area contributed by atoms with E-state index in [1.165, 1.54) is 64.2 Å². The van der Waals surface area contributed by atoms with Gasteiger partial charge < -0.3 is 20.2 Å². The van der Waals surface area contributed by atoms with E-state index in [0.29, 0.717) is 23.6 Å². The van der Waals surface area contributed by atoms with Gasteiger partial charge in [-0.2, -0.15) is 15.0 Å². The number of para-hydroxylation sites is 2. The van der Waals surface area contributed by atoms with E-state index in [0.717, 1.165) is 54.1 Å². The Kier molecular flexibility index (Phi) is 15.3. The van der Waals surface area contributed by atoms with Crippen molar-refractivity contribution in [1.29, 1.82) is 0 Å². The highest BCUT2D eigenvalue weighted by molar-refractivity contribution is 5.67. The van der Waals surface area contributed by atoms with Crippen LogP contribution in [-0.4, -0.2) is 33.1 Å². The van der Waals surface area contributed by atoms with Crippen molar-refractivity contribution in [2.45, 2.75) is 143 Å². The van der Waals surface area contributed by atoms with Crippen LogP contribution in [-0.2, 0) is 10.8 Å². The summed E-state index contributed by atoms with van der Waals surface area (Å²) in [5.41, 5.74) is 4.23. The Morgan fingerprint density at radius 3 is 1.31 bits per heavy atom. The predicted octanol–water partition coefficient (Wildman–Crippen LogP) is 12.9. The van der Waals surface area contributed by atoms with Gasteiger partial charge in [-0.15, -0.1) is 0 Å². The highest BCUT2D eigenvalue weighted by Gasteiger charge is 2.27. The molecule has 7 nitrogen and oxygen atoms in total. The molecule has 0 fully saturated rings. The van der Waals surface area contributed by atoms with Crippen LogP contribution in [0.2, 0.25) is 0 Å². The van der Waals surface area contributed by atoms with Gasteiger partial charge in [0.25, 0.3) is 0 Å². The lowest BCUT2D eigenvalue weighted by Gasteiger charge is -2.29. The van der Waals surface area contributed by atoms with Crippen molar-refractivity contribution >= 4 is 34.9 Å². The standard InChI is InChI=1S/C45H66N6O/c1-9-11-13-15-17-25-31-50(36-27-21-19-22-28-36)42-47-41(46-35-33-38(44(3,4)5)40(52)39(34-35)45(6,7)8)48-43(49-42)51(37-29-23-20-24-30-37)32-26-18-16-14-12-10-2/h19-24,27-30,33-34,52H,9-18,25-26,31-32H2,1-8H3,(H,46,47,48,49). The van der Waals surface area contributed by atoms with Gasteiger partial charge in [0.15, 0.2) is 0 Å². The summed E-state index contributed by atoms with van der Waals surface area (Å²) in [6.45, 7) is 19.0. The van der Waals surface area contributed by atoms with Gasteiger partial charge in [-0.1, -0.05) is 156 Å². The van der Waals surface area contributed by atoms with Crippen LogP contribution in [0.15, 0.2) is 72.8 Å². The zero-order valence-corrected chi connectivity index (χ0v) is 33.5. The number of phenols is 1. The maximum Gasteiger partial charge on any atom is 0.236 e. The zero-order valence-electron chi connectivity index (χ0n) is 33.5. The minimum absolute atomic E-state index is 0.264. The first-order valence-electron chi connectivity index (χ1n) is 20.0. The monoisotopic (exact) mass is 707 g/mol. The second-order valence-electron chi connectivity index (χ2n) is 16.3. The number of nitrogens with zero attached hydrogens (tertiary/aromatic N) is 5. The molecule has 0 radical (unpaired) electrons. The molecule has 0 unspecified atom stereocenters. The summed E-state index contributed by atoms with van der Waals surface area (Å²) in [5.74, 6) is 2.09. The van der Waals surface area contributed by atoms with E-state index in [2.05, 4.69) is 131 Å². The number of unbranched alkanes of at least 4 members (excludes halogenated alkanes) is 10. The van der Waals surface area contributed by atoms with Crippen LogP contribution in [0.1, 0.15) is 144 Å². The van der Waals surface area contributed by atoms with Gasteiger partial charge in [0.1, 0.15) is 5.75 Å². The van der Waals surface area contributed by atoms with Crippen molar-refractivity contribution in [1.82, 2.24) is 15.0 Å². The molecule has 1 heterocycles. The van der Waals surface area contributed by atoms with Gasteiger partial charge in [-0.3, -0.25) is 0 Å². The van der Waals surface area contributed by atoms with Crippen molar-refractivity contribution in [3.63, 3.8) is 0 Å². The maximum atomic E-state index is 11.5. The molecular formula is C45H66N6O. The fraction of sp³-hybridized carbons (Fsp3) is 0.533. The summed E-state index contributed by atoms with van der Waals surface area (Å²) >= 11 is 0. The third kappa shape index (κ3) is 12.0. The van der Waals surface area contributed by atoms with Gasteiger partial charge in [0.05, 0.1) is 0 Å². The highest BCUT2D eigenvalue weighted by atomic mass is 16.3. The summed E-state index contributed by atoms with van der Waals surface area (Å²) in [6.07, 6.45) is 14.5. The third-order valence-electron chi connectivity index (χ3n) is 9.68. The van der Waals surface area contributed by atoms with E-state index in [-0.39, 0.29) is 10.8 Å². The van der Waals surface area contributed by atoms with Crippen molar-refractivity contribution in [2.75, 3.05) is 28.2 Å². The fourth-order valence-electron chi connectivity index (χ4n) is 6.64. The lowest BCUT2D eigenvalue weighted by Crippen LogP contribution is -2.26. The number of nitrogens with one attached hydrogen (secondary N) is 1. The van der Waals surface area contributed by atoms with Crippen LogP contribution in [0.3, 0.4) is 0 Å². The molecule has 0 atom stereocenters. The van der Waals surface area contributed by atoms with Gasteiger partial charge in [-0.05, 0) is 60.1 Å². The number of rotatable bonds is 20. The smallest absolute Gasteiger partial charge is 0.236 e. The molecule has 282 valence electrons. The lowest BCUT2D eigenvalue weighted by molar-refractivity contribution is 0.423. The van der Waals surface area contributed by atoms with Crippen LogP contribution in [0.4, 0.5) is 34.9 Å². The molecule has 7 heteroatoms. The molecule has 0 aliphatic heterocycles. The number of hydrogen-bond acceptors (Lipinski definition) is 7. The second-order valence-corrected chi connectivity index (χ2v) is 16.3. The van der Waals surface area contributed by atoms with Crippen molar-refractivity contribution in [3.8, 4) is 5.75 Å². The molecular weight excluding hydrogens is 641 g/mol. The normalized spacial score (nSPS) is 11.8. The number of hydrogen-bond donors (Lipinski definition) is 2. The number of aromatic hydroxyl groups is 1. The molecule has 4 rings (SSSR count). The van der Waals surface area contributed by atoms with E-state index < -0.39 is 0 Å². The third-order valence-corrected chi connectivity index (χ3v) is 9.68. The molecule has 0 aliphatic rings. The van der Waals surface area contributed by atoms with Gasteiger partial charge in [0, 0.05) is 41.3 Å². The number of anilines is 6. The van der Waals surface area contributed by atoms with Crippen molar-refractivity contribution in [3.05, 3.63) is 83.9 Å². The first-order chi connectivity index (χ1) is 24.9. The van der Waals surface area contributed by atoms with E-state index in [1.54, 1.807) is 0 Å². The van der Waals surface area contributed by atoms with Crippen molar-refractivity contribution < 1.29 is 5.11 Å². The Labute approximate surface area is 315 Å². The molecule has 4 aromatic rings. The van der Waals surface area contributed by atoms with E-state index >= 15 is 0 Å². The summed E-state index contributed by atoms with van der Waals surface area (Å²) in [5, 5.41) is 15.1. The van der Waals surface area contributed by atoms with Crippen LogP contribution in [0, 0.1) is 0 Å². The average Bonchev–Trinajstić information content (AvgIpc) is 3.11. The molecule has 0 aliphatic carbocycles. The van der Waals surface area contributed by atoms with Crippen LogP contribution in [0.5, 0.6) is 5.75 Å². The van der Waals surface area contributed by atoms with E-state index in [4.69, 9.17) is 15.0 Å². The Balaban J connectivity index is 1.83. The predicted molar refractivity (Wildman–Crippen MR) is 222 cm³/mol. The molecule has 0 amide bonds. The number of phenolic OH excluding ortho intramolecular Hbond substituents is 1. The SMILES string of the molecule is CCCCCCCCN(c1ccccc1)c1nc(Nc2cc(C(C)(C)C)c(O)c(C(C)(C)C)c2)nc(N(CCCCCCCC)c2ccccc2)n1. The van der Waals surface area contributed by atoms with E-state index in [1.807, 2.05) is 12.1 Å². The highest BCUT2D eigenvalue weighted by Crippen LogP contribution is 2.42. The van der Waals surface area contributed by atoms with Gasteiger partial charge in [0.2, 0.25) is 17.8 Å². The fourth-order valence-corrected chi connectivity index (χ4v) is 6.64. The van der Waals surface area contributed by atoms with E-state index in [9.17, 15) is 5.11 Å². The average molecular weight is 707 g/mol. The zero-order chi connectivity index (χ0) is 37.6. The first-order valence-corrected chi connectivity index (χ1v) is 20.0. The summed E-state index contributed by atoms with van der Waals surface area (Å²) in [4.78, 5) is 20.1.